The van der Waals surface area contributed by atoms with Crippen molar-refractivity contribution in [2.45, 2.75) is 6.92 Å². The van der Waals surface area contributed by atoms with Gasteiger partial charge in [0.2, 0.25) is 0 Å². The summed E-state index contributed by atoms with van der Waals surface area (Å²) < 4.78 is 15.2. The molecule has 7 nitrogen and oxygen atoms in total. The monoisotopic (exact) mass is 419 g/mol. The van der Waals surface area contributed by atoms with E-state index in [0.29, 0.717) is 22.7 Å². The highest BCUT2D eigenvalue weighted by Gasteiger charge is 2.19. The van der Waals surface area contributed by atoms with Gasteiger partial charge in [-0.05, 0) is 61.0 Å². The summed E-state index contributed by atoms with van der Waals surface area (Å²) in [6.07, 6.45) is 0. The lowest BCUT2D eigenvalue weighted by atomic mass is 10.1. The van der Waals surface area contributed by atoms with Crippen LogP contribution in [0.2, 0.25) is 0 Å². The Morgan fingerprint density at radius 1 is 0.710 bits per heavy atom. The molecule has 31 heavy (non-hydrogen) atoms. The molecule has 0 radical (unpaired) electrons. The molecule has 0 aromatic heterocycles. The molecule has 0 saturated heterocycles. The fourth-order valence-electron chi connectivity index (χ4n) is 2.92. The Balaban J connectivity index is 1.75. The maximum atomic E-state index is 12.4. The quantitative estimate of drug-likeness (QED) is 0.587. The number of nitrogens with one attached hydrogen (secondary N) is 1. The van der Waals surface area contributed by atoms with Crippen molar-refractivity contribution in [2.24, 2.45) is 0 Å². The van der Waals surface area contributed by atoms with Gasteiger partial charge in [0.25, 0.3) is 5.91 Å². The van der Waals surface area contributed by atoms with Gasteiger partial charge in [0.15, 0.2) is 0 Å². The second-order valence-corrected chi connectivity index (χ2v) is 6.59. The van der Waals surface area contributed by atoms with E-state index in [1.165, 1.54) is 26.4 Å². The first-order valence-electron chi connectivity index (χ1n) is 9.38. The van der Waals surface area contributed by atoms with E-state index in [-0.39, 0.29) is 17.0 Å². The number of esters is 2. The fourth-order valence-corrected chi connectivity index (χ4v) is 2.92. The van der Waals surface area contributed by atoms with Crippen LogP contribution >= 0.6 is 0 Å². The number of rotatable bonds is 6. The number of benzene rings is 3. The normalized spacial score (nSPS) is 10.2. The van der Waals surface area contributed by atoms with Gasteiger partial charge < -0.3 is 19.5 Å². The zero-order valence-electron chi connectivity index (χ0n) is 17.3. The van der Waals surface area contributed by atoms with Crippen LogP contribution in [0.5, 0.6) is 11.5 Å². The van der Waals surface area contributed by atoms with Crippen LogP contribution in [-0.2, 0) is 9.47 Å². The predicted molar refractivity (Wildman–Crippen MR) is 115 cm³/mol. The van der Waals surface area contributed by atoms with E-state index >= 15 is 0 Å². The molecule has 0 aliphatic carbocycles. The zero-order valence-corrected chi connectivity index (χ0v) is 17.3. The molecule has 158 valence electrons. The molecule has 0 saturated carbocycles. The van der Waals surface area contributed by atoms with Crippen molar-refractivity contribution in [3.63, 3.8) is 0 Å². The predicted octanol–water partition coefficient (Wildman–Crippen LogP) is 4.61. The van der Waals surface area contributed by atoms with Gasteiger partial charge in [-0.15, -0.1) is 0 Å². The number of carbonyl (C=O) groups is 3. The Kier molecular flexibility index (Phi) is 6.67. The number of hydrogen-bond donors (Lipinski definition) is 1. The Morgan fingerprint density at radius 3 is 1.97 bits per heavy atom. The van der Waals surface area contributed by atoms with E-state index in [2.05, 4.69) is 5.32 Å². The number of anilines is 1. The summed E-state index contributed by atoms with van der Waals surface area (Å²) >= 11 is 0. The van der Waals surface area contributed by atoms with Gasteiger partial charge >= 0.3 is 11.9 Å². The molecule has 0 spiro atoms. The van der Waals surface area contributed by atoms with Crippen molar-refractivity contribution in [1.82, 2.24) is 0 Å². The molecule has 7 heteroatoms. The average molecular weight is 419 g/mol. The number of carbonyl (C=O) groups excluding carboxylic acids is 3. The van der Waals surface area contributed by atoms with Crippen molar-refractivity contribution in [1.29, 1.82) is 0 Å². The summed E-state index contributed by atoms with van der Waals surface area (Å²) in [5, 5.41) is 2.84. The Bertz CT molecular complexity index is 1120. The Labute approximate surface area is 179 Å². The third kappa shape index (κ3) is 5.08. The molecule has 0 aliphatic heterocycles. The van der Waals surface area contributed by atoms with Gasteiger partial charge in [0.1, 0.15) is 11.5 Å². The molecule has 0 unspecified atom stereocenters. The molecule has 3 aromatic carbocycles. The van der Waals surface area contributed by atoms with Crippen LogP contribution in [0, 0.1) is 6.92 Å². The smallest absolute Gasteiger partial charge is 0.338 e. The van der Waals surface area contributed by atoms with E-state index in [9.17, 15) is 14.4 Å². The third-order valence-electron chi connectivity index (χ3n) is 4.54. The standard InChI is InChI=1S/C24H21NO6/c1-15-6-4-5-7-19(15)22(26)25-16-8-10-17(11-9-16)31-18-12-13-20(23(27)29-2)21(14-18)24(28)30-3/h4-14H,1-3H3,(H,25,26). The summed E-state index contributed by atoms with van der Waals surface area (Å²) in [4.78, 5) is 36.3. The zero-order chi connectivity index (χ0) is 22.4. The van der Waals surface area contributed by atoms with E-state index in [4.69, 9.17) is 14.2 Å². The van der Waals surface area contributed by atoms with Crippen LogP contribution in [0.4, 0.5) is 5.69 Å². The van der Waals surface area contributed by atoms with Crippen LogP contribution < -0.4 is 10.1 Å². The first kappa shape index (κ1) is 21.6. The van der Waals surface area contributed by atoms with Crippen molar-refractivity contribution in [3.8, 4) is 11.5 Å². The van der Waals surface area contributed by atoms with E-state index < -0.39 is 11.9 Å². The minimum atomic E-state index is -0.680. The highest BCUT2D eigenvalue weighted by atomic mass is 16.5. The van der Waals surface area contributed by atoms with E-state index in [1.807, 2.05) is 25.1 Å². The lowest BCUT2D eigenvalue weighted by Crippen LogP contribution is -2.13. The van der Waals surface area contributed by atoms with Crippen molar-refractivity contribution < 1.29 is 28.6 Å². The highest BCUT2D eigenvalue weighted by Crippen LogP contribution is 2.26. The van der Waals surface area contributed by atoms with E-state index in [1.54, 1.807) is 36.4 Å². The van der Waals surface area contributed by atoms with Crippen LogP contribution in [0.15, 0.2) is 66.7 Å². The third-order valence-corrected chi connectivity index (χ3v) is 4.54. The average Bonchev–Trinajstić information content (AvgIpc) is 2.79. The summed E-state index contributed by atoms with van der Waals surface area (Å²) in [6.45, 7) is 1.87. The topological polar surface area (TPSA) is 90.9 Å². The largest absolute Gasteiger partial charge is 0.465 e. The molecule has 1 amide bonds. The lowest BCUT2D eigenvalue weighted by Gasteiger charge is -2.11. The molecule has 0 heterocycles. The number of methoxy groups -OCH3 is 2. The lowest BCUT2D eigenvalue weighted by molar-refractivity contribution is 0.0555. The summed E-state index contributed by atoms with van der Waals surface area (Å²) in [5.74, 6) is -0.714. The van der Waals surface area contributed by atoms with Gasteiger partial charge in [-0.3, -0.25) is 4.79 Å². The molecule has 3 aromatic rings. The maximum Gasteiger partial charge on any atom is 0.338 e. The first-order valence-corrected chi connectivity index (χ1v) is 9.38. The summed E-state index contributed by atoms with van der Waals surface area (Å²) in [5.41, 5.74) is 2.21. The van der Waals surface area contributed by atoms with Gasteiger partial charge in [0.05, 0.1) is 25.3 Å². The van der Waals surface area contributed by atoms with Crippen molar-refractivity contribution in [2.75, 3.05) is 19.5 Å². The van der Waals surface area contributed by atoms with Crippen LogP contribution in [0.1, 0.15) is 36.6 Å². The molecular weight excluding hydrogens is 398 g/mol. The maximum absolute atomic E-state index is 12.4. The minimum Gasteiger partial charge on any atom is -0.465 e. The summed E-state index contributed by atoms with van der Waals surface area (Å²) in [7, 11) is 2.45. The SMILES string of the molecule is COC(=O)c1ccc(Oc2ccc(NC(=O)c3ccccc3C)cc2)cc1C(=O)OC. The van der Waals surface area contributed by atoms with Crippen molar-refractivity contribution in [3.05, 3.63) is 89.0 Å². The second-order valence-electron chi connectivity index (χ2n) is 6.59. The number of hydrogen-bond acceptors (Lipinski definition) is 6. The second kappa shape index (κ2) is 9.58. The summed E-state index contributed by atoms with van der Waals surface area (Å²) in [6, 6.07) is 18.5. The molecule has 0 fully saturated rings. The molecule has 1 N–H and O–H groups in total. The van der Waals surface area contributed by atoms with Crippen LogP contribution in [0.25, 0.3) is 0 Å². The highest BCUT2D eigenvalue weighted by molar-refractivity contribution is 6.05. The number of aryl methyl sites for hydroxylation is 1. The van der Waals surface area contributed by atoms with Crippen LogP contribution in [-0.4, -0.2) is 32.1 Å². The Hall–Kier alpha value is -4.13. The van der Waals surface area contributed by atoms with Gasteiger partial charge in [0, 0.05) is 11.3 Å². The molecule has 0 aliphatic rings. The molecular formula is C24H21NO6. The Morgan fingerprint density at radius 2 is 1.32 bits per heavy atom. The fraction of sp³-hybridized carbons (Fsp3) is 0.125. The number of amides is 1. The van der Waals surface area contributed by atoms with Gasteiger partial charge in [-0.25, -0.2) is 9.59 Å². The molecule has 0 atom stereocenters. The van der Waals surface area contributed by atoms with Gasteiger partial charge in [-0.1, -0.05) is 18.2 Å². The minimum absolute atomic E-state index is 0.0361. The molecule has 0 bridgehead atoms. The van der Waals surface area contributed by atoms with Gasteiger partial charge in [-0.2, -0.15) is 0 Å². The molecule has 3 rings (SSSR count). The number of ether oxygens (including phenoxy) is 3. The van der Waals surface area contributed by atoms with Crippen LogP contribution in [0.3, 0.4) is 0 Å². The first-order chi connectivity index (χ1) is 14.9. The van der Waals surface area contributed by atoms with E-state index in [0.717, 1.165) is 5.56 Å². The van der Waals surface area contributed by atoms with Crippen molar-refractivity contribution >= 4 is 23.5 Å².